The van der Waals surface area contributed by atoms with Crippen molar-refractivity contribution in [3.05, 3.63) is 29.8 Å². The predicted molar refractivity (Wildman–Crippen MR) is 77.6 cm³/mol. The second kappa shape index (κ2) is 5.83. The van der Waals surface area contributed by atoms with Gasteiger partial charge in [0.2, 0.25) is 0 Å². The topological polar surface area (TPSA) is 84.3 Å². The lowest BCUT2D eigenvalue weighted by Crippen LogP contribution is -2.26. The van der Waals surface area contributed by atoms with E-state index in [1.165, 1.54) is 12.1 Å². The number of hydrogen-bond donors (Lipinski definition) is 1. The van der Waals surface area contributed by atoms with Gasteiger partial charge < -0.3 is 0 Å². The van der Waals surface area contributed by atoms with Crippen molar-refractivity contribution in [3.8, 4) is 0 Å². The smallest absolute Gasteiger partial charge is 0.266 e. The van der Waals surface area contributed by atoms with Crippen molar-refractivity contribution >= 4 is 19.8 Å². The van der Waals surface area contributed by atoms with Crippen LogP contribution in [0.4, 0.5) is 0 Å². The van der Waals surface area contributed by atoms with Crippen LogP contribution in [-0.4, -0.2) is 30.7 Å². The Balaban J connectivity index is 1.95. The van der Waals surface area contributed by atoms with E-state index in [2.05, 4.69) is 0 Å². The average Bonchev–Trinajstić information content (AvgIpc) is 2.38. The first-order valence-corrected chi connectivity index (χ1v) is 9.79. The van der Waals surface area contributed by atoms with Crippen LogP contribution in [0.3, 0.4) is 0 Å². The first-order chi connectivity index (χ1) is 9.28. The van der Waals surface area contributed by atoms with Crippen molar-refractivity contribution in [2.24, 2.45) is 5.92 Å². The molecule has 0 aromatic heterocycles. The average molecular weight is 317 g/mol. The Bertz CT molecular complexity index is 649. The van der Waals surface area contributed by atoms with Gasteiger partial charge >= 0.3 is 0 Å². The predicted octanol–water partition coefficient (Wildman–Crippen LogP) is 2.16. The molecule has 1 heterocycles. The number of aryl methyl sites for hydroxylation is 1. The molecule has 0 saturated carbocycles. The van der Waals surface area contributed by atoms with Crippen molar-refractivity contribution in [2.45, 2.75) is 24.7 Å². The Morgan fingerprint density at radius 1 is 1.25 bits per heavy atom. The van der Waals surface area contributed by atoms with E-state index in [-0.39, 0.29) is 17.4 Å². The molecule has 112 valence electrons. The Morgan fingerprint density at radius 2 is 1.80 bits per heavy atom. The van der Waals surface area contributed by atoms with Gasteiger partial charge in [-0.05, 0) is 37.8 Å². The summed E-state index contributed by atoms with van der Waals surface area (Å²) < 4.78 is 48.1. The van der Waals surface area contributed by atoms with Crippen LogP contribution < -0.4 is 0 Å². The highest BCUT2D eigenvalue weighted by Crippen LogP contribution is 2.22. The van der Waals surface area contributed by atoms with Gasteiger partial charge in [-0.3, -0.25) is 8.96 Å². The van der Waals surface area contributed by atoms with Crippen molar-refractivity contribution in [3.63, 3.8) is 0 Å². The standard InChI is InChI=1S/C13H19NO4S2/c1-11-2-4-13(5-3-11)20(16,17)18-10-12-6-8-19(14,15)9-7-12/h2-5,12,14H,6-10H2,1H3. The van der Waals surface area contributed by atoms with Crippen LogP contribution in [0, 0.1) is 17.6 Å². The molecule has 1 saturated heterocycles. The summed E-state index contributed by atoms with van der Waals surface area (Å²) >= 11 is 0. The molecule has 1 aromatic rings. The highest BCUT2D eigenvalue weighted by atomic mass is 32.2. The van der Waals surface area contributed by atoms with Crippen LogP contribution >= 0.6 is 0 Å². The molecule has 0 unspecified atom stereocenters. The maximum absolute atomic E-state index is 12.0. The molecule has 1 fully saturated rings. The number of nitrogens with one attached hydrogen (secondary N) is 1. The molecule has 1 aliphatic rings. The van der Waals surface area contributed by atoms with Crippen molar-refractivity contribution in [1.82, 2.24) is 0 Å². The Labute approximate surface area is 120 Å². The minimum Gasteiger partial charge on any atom is -0.266 e. The van der Waals surface area contributed by atoms with Gasteiger partial charge in [0.1, 0.15) is 0 Å². The van der Waals surface area contributed by atoms with Gasteiger partial charge in [0, 0.05) is 21.2 Å². The van der Waals surface area contributed by atoms with Crippen LogP contribution in [0.5, 0.6) is 0 Å². The third kappa shape index (κ3) is 4.04. The second-order valence-electron chi connectivity index (χ2n) is 5.22. The maximum Gasteiger partial charge on any atom is 0.296 e. The molecule has 0 radical (unpaired) electrons. The summed E-state index contributed by atoms with van der Waals surface area (Å²) in [5, 5.41) is 0. The lowest BCUT2D eigenvalue weighted by atomic mass is 10.1. The van der Waals surface area contributed by atoms with E-state index >= 15 is 0 Å². The summed E-state index contributed by atoms with van der Waals surface area (Å²) in [6, 6.07) is 6.52. The molecule has 20 heavy (non-hydrogen) atoms. The first kappa shape index (κ1) is 15.5. The minimum absolute atomic E-state index is 0.0650. The number of hydrogen-bond acceptors (Lipinski definition) is 5. The van der Waals surface area contributed by atoms with Gasteiger partial charge in [0.25, 0.3) is 10.1 Å². The van der Waals surface area contributed by atoms with Crippen LogP contribution in [-0.2, 0) is 24.0 Å². The van der Waals surface area contributed by atoms with Gasteiger partial charge in [0.15, 0.2) is 0 Å². The molecule has 0 bridgehead atoms. The van der Waals surface area contributed by atoms with E-state index < -0.39 is 19.8 Å². The first-order valence-electron chi connectivity index (χ1n) is 6.49. The fourth-order valence-corrected chi connectivity index (χ4v) is 4.70. The zero-order chi connectivity index (χ0) is 14.8. The fourth-order valence-electron chi connectivity index (χ4n) is 2.09. The van der Waals surface area contributed by atoms with Gasteiger partial charge in [-0.1, -0.05) is 17.7 Å². The lowest BCUT2D eigenvalue weighted by molar-refractivity contribution is 0.244. The zero-order valence-electron chi connectivity index (χ0n) is 11.4. The summed E-state index contributed by atoms with van der Waals surface area (Å²) in [5.74, 6) is 0.743. The van der Waals surface area contributed by atoms with E-state index in [4.69, 9.17) is 8.96 Å². The third-order valence-electron chi connectivity index (χ3n) is 3.48. The number of benzene rings is 1. The highest BCUT2D eigenvalue weighted by Gasteiger charge is 2.24. The van der Waals surface area contributed by atoms with Crippen LogP contribution in [0.15, 0.2) is 29.2 Å². The van der Waals surface area contributed by atoms with Crippen molar-refractivity contribution in [1.29, 1.82) is 4.78 Å². The van der Waals surface area contributed by atoms with Crippen LogP contribution in [0.25, 0.3) is 0 Å². The van der Waals surface area contributed by atoms with E-state index in [0.717, 1.165) is 5.56 Å². The molecule has 0 atom stereocenters. The molecule has 0 spiro atoms. The summed E-state index contributed by atoms with van der Waals surface area (Å²) in [7, 11) is -6.15. The van der Waals surface area contributed by atoms with Crippen LogP contribution in [0.2, 0.25) is 0 Å². The molecule has 7 heteroatoms. The Hall–Kier alpha value is -0.920. The normalized spacial score (nSPS) is 27.4. The summed E-state index contributed by atoms with van der Waals surface area (Å²) in [4.78, 5) is 0.156. The summed E-state index contributed by atoms with van der Waals surface area (Å²) in [6.45, 7) is 1.99. The second-order valence-corrected chi connectivity index (χ2v) is 9.27. The highest BCUT2D eigenvalue weighted by molar-refractivity contribution is 7.92. The van der Waals surface area contributed by atoms with E-state index in [1.54, 1.807) is 12.1 Å². The van der Waals surface area contributed by atoms with Crippen LogP contribution in [0.1, 0.15) is 18.4 Å². The lowest BCUT2D eigenvalue weighted by Gasteiger charge is -2.22. The van der Waals surface area contributed by atoms with E-state index in [0.29, 0.717) is 24.3 Å². The van der Waals surface area contributed by atoms with Gasteiger partial charge in [-0.25, -0.2) is 4.21 Å². The fraction of sp³-hybridized carbons (Fsp3) is 0.538. The molecule has 0 amide bonds. The summed E-state index contributed by atoms with van der Waals surface area (Å²) in [6.07, 6.45) is 1.18. The van der Waals surface area contributed by atoms with Crippen molar-refractivity contribution < 1.29 is 16.8 Å². The van der Waals surface area contributed by atoms with Gasteiger partial charge in [-0.2, -0.15) is 8.42 Å². The molecule has 1 aliphatic heterocycles. The summed E-state index contributed by atoms with van der Waals surface area (Å²) in [5.41, 5.74) is 0.987. The maximum atomic E-state index is 12.0. The Kier molecular flexibility index (Phi) is 4.51. The monoisotopic (exact) mass is 317 g/mol. The molecular weight excluding hydrogens is 298 g/mol. The SMILES string of the molecule is Cc1ccc(S(=O)(=O)OCC2CCS(=N)(=O)CC2)cc1. The number of rotatable bonds is 4. The zero-order valence-corrected chi connectivity index (χ0v) is 13.0. The molecular formula is C13H19NO4S2. The molecule has 1 aromatic carbocycles. The quantitative estimate of drug-likeness (QED) is 0.862. The molecule has 5 nitrogen and oxygen atoms in total. The minimum atomic E-state index is -3.72. The van der Waals surface area contributed by atoms with Gasteiger partial charge in [0.05, 0.1) is 11.5 Å². The largest absolute Gasteiger partial charge is 0.296 e. The molecule has 0 aliphatic carbocycles. The third-order valence-corrected chi connectivity index (χ3v) is 6.57. The Morgan fingerprint density at radius 3 is 2.35 bits per heavy atom. The van der Waals surface area contributed by atoms with E-state index in [1.807, 2.05) is 6.92 Å². The van der Waals surface area contributed by atoms with Gasteiger partial charge in [-0.15, -0.1) is 0 Å². The molecule has 2 rings (SSSR count). The van der Waals surface area contributed by atoms with E-state index in [9.17, 15) is 12.6 Å². The molecule has 1 N–H and O–H groups in total. The van der Waals surface area contributed by atoms with Crippen molar-refractivity contribution in [2.75, 3.05) is 18.1 Å².